The molecule has 1 aromatic heterocycles. The molecular formula is C28H33ClN4O5. The topological polar surface area (TPSA) is 94.9 Å². The first-order valence-electron chi connectivity index (χ1n) is 12.6. The molecule has 4 rings (SSSR count). The van der Waals surface area contributed by atoms with Crippen molar-refractivity contribution in [3.63, 3.8) is 0 Å². The van der Waals surface area contributed by atoms with Crippen LogP contribution in [0.2, 0.25) is 5.02 Å². The van der Waals surface area contributed by atoms with Crippen LogP contribution < -0.4 is 14.8 Å². The first kappa shape index (κ1) is 27.5. The molecule has 2 heterocycles. The van der Waals surface area contributed by atoms with Gasteiger partial charge in [0.1, 0.15) is 6.54 Å². The van der Waals surface area contributed by atoms with Crippen LogP contribution >= 0.6 is 11.6 Å². The number of ether oxygens (including phenoxy) is 3. The SMILES string of the molecule is COc1ccc(-n2cc(-c3ccc(Cl)cc3)nc2NC(=O)CN(C[C@H]2CCCO2)C(=O)C(C)C)cc1OC. The zero-order chi connectivity index (χ0) is 27.2. The predicted molar refractivity (Wildman–Crippen MR) is 146 cm³/mol. The van der Waals surface area contributed by atoms with E-state index in [2.05, 4.69) is 5.32 Å². The van der Waals surface area contributed by atoms with Crippen molar-refractivity contribution in [3.8, 4) is 28.4 Å². The standard InChI is InChI=1S/C28H33ClN4O5/c1-18(2)27(35)32(15-22-6-5-13-38-22)17-26(34)31-28-30-23(19-7-9-20(29)10-8-19)16-33(28)21-11-12-24(36-3)25(14-21)37-4/h7-12,14,16,18,22H,5-6,13,15,17H2,1-4H3,(H,30,31,34)/t22-/m1/s1. The molecule has 0 bridgehead atoms. The van der Waals surface area contributed by atoms with Crippen molar-refractivity contribution in [2.45, 2.75) is 32.8 Å². The minimum Gasteiger partial charge on any atom is -0.493 e. The van der Waals surface area contributed by atoms with E-state index in [-0.39, 0.29) is 30.4 Å². The summed E-state index contributed by atoms with van der Waals surface area (Å²) in [6.45, 7) is 4.60. The molecular weight excluding hydrogens is 508 g/mol. The van der Waals surface area contributed by atoms with E-state index >= 15 is 0 Å². The fourth-order valence-electron chi connectivity index (χ4n) is 4.37. The number of rotatable bonds is 10. The maximum absolute atomic E-state index is 13.3. The van der Waals surface area contributed by atoms with Crippen LogP contribution in [0.3, 0.4) is 0 Å². The lowest BCUT2D eigenvalue weighted by atomic mass is 10.1. The molecule has 1 atom stereocenters. The van der Waals surface area contributed by atoms with Gasteiger partial charge in [0, 0.05) is 41.9 Å². The molecule has 1 N–H and O–H groups in total. The Kier molecular flexibility index (Phi) is 8.91. The maximum atomic E-state index is 13.3. The number of hydrogen-bond donors (Lipinski definition) is 1. The van der Waals surface area contributed by atoms with Crippen molar-refractivity contribution in [1.29, 1.82) is 0 Å². The maximum Gasteiger partial charge on any atom is 0.246 e. The van der Waals surface area contributed by atoms with Gasteiger partial charge in [0.25, 0.3) is 0 Å². The van der Waals surface area contributed by atoms with E-state index in [9.17, 15) is 9.59 Å². The Bertz CT molecular complexity index is 1270. The fraction of sp³-hybridized carbons (Fsp3) is 0.393. The summed E-state index contributed by atoms with van der Waals surface area (Å²) in [4.78, 5) is 32.4. The number of nitrogens with one attached hydrogen (secondary N) is 1. The molecule has 10 heteroatoms. The molecule has 1 fully saturated rings. The van der Waals surface area contributed by atoms with Crippen LogP contribution in [-0.2, 0) is 14.3 Å². The highest BCUT2D eigenvalue weighted by Gasteiger charge is 2.26. The zero-order valence-electron chi connectivity index (χ0n) is 22.1. The lowest BCUT2D eigenvalue weighted by Crippen LogP contribution is -2.44. The Morgan fingerprint density at radius 2 is 1.89 bits per heavy atom. The molecule has 202 valence electrons. The molecule has 0 unspecified atom stereocenters. The molecule has 38 heavy (non-hydrogen) atoms. The monoisotopic (exact) mass is 540 g/mol. The Labute approximate surface area is 227 Å². The number of imidazole rings is 1. The Morgan fingerprint density at radius 3 is 2.53 bits per heavy atom. The van der Waals surface area contributed by atoms with Crippen molar-refractivity contribution >= 4 is 29.4 Å². The van der Waals surface area contributed by atoms with E-state index in [0.29, 0.717) is 47.0 Å². The molecule has 0 aliphatic carbocycles. The number of anilines is 1. The van der Waals surface area contributed by atoms with E-state index in [4.69, 9.17) is 30.8 Å². The molecule has 2 aromatic carbocycles. The zero-order valence-corrected chi connectivity index (χ0v) is 22.8. The Morgan fingerprint density at radius 1 is 1.16 bits per heavy atom. The van der Waals surface area contributed by atoms with E-state index in [1.165, 1.54) is 0 Å². The third-order valence-corrected chi connectivity index (χ3v) is 6.58. The highest BCUT2D eigenvalue weighted by atomic mass is 35.5. The van der Waals surface area contributed by atoms with Gasteiger partial charge in [-0.1, -0.05) is 37.6 Å². The minimum absolute atomic E-state index is 0.0595. The van der Waals surface area contributed by atoms with E-state index in [1.54, 1.807) is 48.0 Å². The van der Waals surface area contributed by atoms with Crippen LogP contribution in [-0.4, -0.2) is 66.3 Å². The second-order valence-electron chi connectivity index (χ2n) is 9.42. The van der Waals surface area contributed by atoms with Gasteiger partial charge in [-0.15, -0.1) is 0 Å². The van der Waals surface area contributed by atoms with Gasteiger partial charge < -0.3 is 19.1 Å². The lowest BCUT2D eigenvalue weighted by molar-refractivity contribution is -0.139. The van der Waals surface area contributed by atoms with Gasteiger partial charge in [0.05, 0.1) is 31.7 Å². The molecule has 0 spiro atoms. The van der Waals surface area contributed by atoms with Gasteiger partial charge >= 0.3 is 0 Å². The highest BCUT2D eigenvalue weighted by molar-refractivity contribution is 6.30. The lowest BCUT2D eigenvalue weighted by Gasteiger charge is -2.26. The van der Waals surface area contributed by atoms with Crippen LogP contribution in [0.25, 0.3) is 16.9 Å². The van der Waals surface area contributed by atoms with Gasteiger partial charge in [-0.3, -0.25) is 19.5 Å². The fourth-order valence-corrected chi connectivity index (χ4v) is 4.50. The van der Waals surface area contributed by atoms with Crippen molar-refractivity contribution in [2.75, 3.05) is 39.2 Å². The third-order valence-electron chi connectivity index (χ3n) is 6.33. The number of halogens is 1. The summed E-state index contributed by atoms with van der Waals surface area (Å²) in [6.07, 6.45) is 3.59. The average Bonchev–Trinajstić information content (AvgIpc) is 3.58. The molecule has 2 amide bonds. The normalized spacial score (nSPS) is 14.9. The van der Waals surface area contributed by atoms with E-state index in [1.807, 2.05) is 38.2 Å². The van der Waals surface area contributed by atoms with Crippen LogP contribution in [0.1, 0.15) is 26.7 Å². The molecule has 9 nitrogen and oxygen atoms in total. The van der Waals surface area contributed by atoms with Crippen molar-refractivity contribution in [1.82, 2.24) is 14.5 Å². The van der Waals surface area contributed by atoms with E-state index < -0.39 is 0 Å². The number of aromatic nitrogens is 2. The van der Waals surface area contributed by atoms with Gasteiger partial charge in [-0.25, -0.2) is 4.98 Å². The third kappa shape index (κ3) is 6.46. The number of benzene rings is 2. The first-order valence-corrected chi connectivity index (χ1v) is 12.9. The van der Waals surface area contributed by atoms with Gasteiger partial charge in [-0.2, -0.15) is 0 Å². The molecule has 0 radical (unpaired) electrons. The summed E-state index contributed by atoms with van der Waals surface area (Å²) in [6, 6.07) is 12.7. The van der Waals surface area contributed by atoms with Gasteiger partial charge in [-0.05, 0) is 37.1 Å². The second kappa shape index (κ2) is 12.3. The minimum atomic E-state index is -0.355. The number of hydrogen-bond acceptors (Lipinski definition) is 6. The second-order valence-corrected chi connectivity index (χ2v) is 9.86. The highest BCUT2D eigenvalue weighted by Crippen LogP contribution is 2.32. The average molecular weight is 541 g/mol. The van der Waals surface area contributed by atoms with Crippen LogP contribution in [0.15, 0.2) is 48.7 Å². The summed E-state index contributed by atoms with van der Waals surface area (Å²) in [5, 5.41) is 3.52. The van der Waals surface area contributed by atoms with Crippen molar-refractivity contribution < 1.29 is 23.8 Å². The van der Waals surface area contributed by atoms with Gasteiger partial charge in [0.15, 0.2) is 11.5 Å². The predicted octanol–water partition coefficient (Wildman–Crippen LogP) is 4.81. The largest absolute Gasteiger partial charge is 0.493 e. The molecule has 0 saturated carbocycles. The quantitative estimate of drug-likeness (QED) is 0.396. The first-order chi connectivity index (χ1) is 18.3. The summed E-state index contributed by atoms with van der Waals surface area (Å²) in [7, 11) is 3.13. The number of carbonyl (C=O) groups excluding carboxylic acids is 2. The van der Waals surface area contributed by atoms with Crippen molar-refractivity contribution in [2.24, 2.45) is 5.92 Å². The Hall–Kier alpha value is -3.56. The molecule has 1 aliphatic rings. The summed E-state index contributed by atoms with van der Waals surface area (Å²) in [5.41, 5.74) is 2.18. The number of methoxy groups -OCH3 is 2. The smallest absolute Gasteiger partial charge is 0.246 e. The van der Waals surface area contributed by atoms with Crippen LogP contribution in [0.5, 0.6) is 11.5 Å². The summed E-state index contributed by atoms with van der Waals surface area (Å²) in [5.74, 6) is 0.731. The summed E-state index contributed by atoms with van der Waals surface area (Å²) < 4.78 is 18.3. The van der Waals surface area contributed by atoms with Crippen LogP contribution in [0.4, 0.5) is 5.95 Å². The number of nitrogens with zero attached hydrogens (tertiary/aromatic N) is 3. The number of carbonyl (C=O) groups is 2. The van der Waals surface area contributed by atoms with Crippen molar-refractivity contribution in [3.05, 3.63) is 53.7 Å². The van der Waals surface area contributed by atoms with Crippen LogP contribution in [0, 0.1) is 5.92 Å². The molecule has 1 aliphatic heterocycles. The molecule has 3 aromatic rings. The summed E-state index contributed by atoms with van der Waals surface area (Å²) >= 11 is 6.07. The van der Waals surface area contributed by atoms with Gasteiger partial charge in [0.2, 0.25) is 17.8 Å². The van der Waals surface area contributed by atoms with E-state index in [0.717, 1.165) is 18.4 Å². The Balaban J connectivity index is 1.64. The molecule has 1 saturated heterocycles. The number of amides is 2.